The number of benzene rings is 1. The van der Waals surface area contributed by atoms with Crippen LogP contribution in [0.25, 0.3) is 0 Å². The Kier molecular flexibility index (Phi) is 2.54. The molecular weight excluding hydrogens is 190 g/mol. The van der Waals surface area contributed by atoms with Gasteiger partial charge in [0, 0.05) is 18.7 Å². The number of hydrogen-bond donors (Lipinski definition) is 0. The molecule has 0 unspecified atom stereocenters. The van der Waals surface area contributed by atoms with Gasteiger partial charge in [-0.25, -0.2) is 0 Å². The molecule has 1 aromatic carbocycles. The third-order valence-electron chi connectivity index (χ3n) is 2.71. The number of rotatable bonds is 2. The molecule has 1 aliphatic heterocycles. The van der Waals surface area contributed by atoms with Crippen molar-refractivity contribution in [2.45, 2.75) is 19.8 Å². The smallest absolute Gasteiger partial charge is 0.294 e. The lowest BCUT2D eigenvalue weighted by atomic mass is 10.1. The van der Waals surface area contributed by atoms with Crippen LogP contribution in [0, 0.1) is 0 Å². The molecule has 0 aromatic heterocycles. The first-order valence-electron chi connectivity index (χ1n) is 5.16. The summed E-state index contributed by atoms with van der Waals surface area (Å²) in [5.41, 5.74) is 2.00. The molecule has 1 fully saturated rings. The first kappa shape index (κ1) is 9.90. The highest BCUT2D eigenvalue weighted by atomic mass is 16.2. The predicted octanol–water partition coefficient (Wildman–Crippen LogP) is 1.55. The zero-order valence-corrected chi connectivity index (χ0v) is 8.69. The highest BCUT2D eigenvalue weighted by Crippen LogP contribution is 2.24. The van der Waals surface area contributed by atoms with Crippen molar-refractivity contribution in [1.29, 1.82) is 0 Å². The van der Waals surface area contributed by atoms with Crippen LogP contribution in [0.1, 0.15) is 18.9 Å². The minimum Gasteiger partial charge on any atom is -0.305 e. The number of nitrogens with zero attached hydrogens (tertiary/aromatic N) is 1. The quantitative estimate of drug-likeness (QED) is 0.684. The van der Waals surface area contributed by atoms with E-state index in [0.717, 1.165) is 17.7 Å². The topological polar surface area (TPSA) is 37.4 Å². The molecule has 0 radical (unpaired) electrons. The minimum atomic E-state index is -0.365. The predicted molar refractivity (Wildman–Crippen MR) is 57.8 cm³/mol. The van der Waals surface area contributed by atoms with E-state index in [9.17, 15) is 9.59 Å². The molecule has 0 saturated carbocycles. The third-order valence-corrected chi connectivity index (χ3v) is 2.71. The SMILES string of the molecule is CCc1ccccc1N1CCC(=O)C1=O. The summed E-state index contributed by atoms with van der Waals surface area (Å²) in [6, 6.07) is 7.73. The Hall–Kier alpha value is -1.64. The molecule has 3 heteroatoms. The molecule has 0 spiro atoms. The molecule has 0 aliphatic carbocycles. The molecular formula is C12H13NO2. The molecule has 3 nitrogen and oxygen atoms in total. The highest BCUT2D eigenvalue weighted by Gasteiger charge is 2.30. The van der Waals surface area contributed by atoms with E-state index in [4.69, 9.17) is 0 Å². The first-order valence-corrected chi connectivity index (χ1v) is 5.16. The van der Waals surface area contributed by atoms with Crippen LogP contribution in [0.3, 0.4) is 0 Å². The van der Waals surface area contributed by atoms with E-state index < -0.39 is 0 Å². The Bertz CT molecular complexity index is 412. The maximum atomic E-state index is 11.6. The van der Waals surface area contributed by atoms with Crippen molar-refractivity contribution in [1.82, 2.24) is 0 Å². The lowest BCUT2D eigenvalue weighted by Crippen LogP contribution is -2.27. The Balaban J connectivity index is 2.37. The number of amides is 1. The molecule has 1 amide bonds. The standard InChI is InChI=1S/C12H13NO2/c1-2-9-5-3-4-6-10(9)13-8-7-11(14)12(13)15/h3-6H,2,7-8H2,1H3. The van der Waals surface area contributed by atoms with Crippen LogP contribution in [0.5, 0.6) is 0 Å². The van der Waals surface area contributed by atoms with E-state index in [1.54, 1.807) is 4.90 Å². The van der Waals surface area contributed by atoms with Crippen LogP contribution in [-0.4, -0.2) is 18.2 Å². The number of Topliss-reactive ketones (excluding diaryl/α,β-unsaturated/α-hetero) is 1. The van der Waals surface area contributed by atoms with Crippen molar-refractivity contribution in [2.24, 2.45) is 0 Å². The Morgan fingerprint density at radius 3 is 2.60 bits per heavy atom. The average Bonchev–Trinajstić information content (AvgIpc) is 2.60. The Morgan fingerprint density at radius 1 is 1.27 bits per heavy atom. The number of hydrogen-bond acceptors (Lipinski definition) is 2. The normalized spacial score (nSPS) is 16.2. The van der Waals surface area contributed by atoms with Gasteiger partial charge in [-0.3, -0.25) is 9.59 Å². The van der Waals surface area contributed by atoms with Crippen LogP contribution in [-0.2, 0) is 16.0 Å². The molecule has 1 heterocycles. The number of carbonyl (C=O) groups is 2. The summed E-state index contributed by atoms with van der Waals surface area (Å²) < 4.78 is 0. The van der Waals surface area contributed by atoms with Gasteiger partial charge < -0.3 is 4.90 Å². The van der Waals surface area contributed by atoms with Crippen LogP contribution >= 0.6 is 0 Å². The molecule has 0 N–H and O–H groups in total. The lowest BCUT2D eigenvalue weighted by molar-refractivity contribution is -0.133. The summed E-state index contributed by atoms with van der Waals surface area (Å²) in [5, 5.41) is 0. The van der Waals surface area contributed by atoms with Crippen LogP contribution in [0.4, 0.5) is 5.69 Å². The van der Waals surface area contributed by atoms with Gasteiger partial charge in [0.2, 0.25) is 5.78 Å². The van der Waals surface area contributed by atoms with Crippen molar-refractivity contribution in [3.63, 3.8) is 0 Å². The van der Waals surface area contributed by atoms with E-state index in [0.29, 0.717) is 13.0 Å². The van der Waals surface area contributed by atoms with Gasteiger partial charge in [-0.15, -0.1) is 0 Å². The third kappa shape index (κ3) is 1.65. The summed E-state index contributed by atoms with van der Waals surface area (Å²) in [5.74, 6) is -0.642. The fourth-order valence-corrected chi connectivity index (χ4v) is 1.88. The maximum absolute atomic E-state index is 11.6. The summed E-state index contributed by atoms with van der Waals surface area (Å²) in [4.78, 5) is 24.3. The van der Waals surface area contributed by atoms with Gasteiger partial charge in [0.15, 0.2) is 0 Å². The number of aryl methyl sites for hydroxylation is 1. The van der Waals surface area contributed by atoms with Gasteiger partial charge in [-0.1, -0.05) is 25.1 Å². The van der Waals surface area contributed by atoms with Crippen molar-refractivity contribution < 1.29 is 9.59 Å². The van der Waals surface area contributed by atoms with E-state index in [-0.39, 0.29) is 11.7 Å². The Labute approximate surface area is 88.7 Å². The molecule has 0 atom stereocenters. The number of carbonyl (C=O) groups excluding carboxylic acids is 2. The minimum absolute atomic E-state index is 0.277. The number of para-hydroxylation sites is 1. The molecule has 0 bridgehead atoms. The second-order valence-electron chi connectivity index (χ2n) is 3.61. The summed E-state index contributed by atoms with van der Waals surface area (Å²) in [6.07, 6.45) is 1.21. The van der Waals surface area contributed by atoms with Gasteiger partial charge >= 0.3 is 0 Å². The average molecular weight is 203 g/mol. The largest absolute Gasteiger partial charge is 0.305 e. The molecule has 1 aliphatic rings. The molecule has 2 rings (SSSR count). The Morgan fingerprint density at radius 2 is 2.00 bits per heavy atom. The van der Waals surface area contributed by atoms with Crippen molar-refractivity contribution in [3.8, 4) is 0 Å². The van der Waals surface area contributed by atoms with Crippen molar-refractivity contribution in [3.05, 3.63) is 29.8 Å². The van der Waals surface area contributed by atoms with E-state index in [1.165, 1.54) is 0 Å². The van der Waals surface area contributed by atoms with E-state index in [2.05, 4.69) is 0 Å². The van der Waals surface area contributed by atoms with Gasteiger partial charge in [-0.05, 0) is 18.1 Å². The first-order chi connectivity index (χ1) is 7.24. The number of ketones is 1. The highest BCUT2D eigenvalue weighted by molar-refractivity contribution is 6.43. The van der Waals surface area contributed by atoms with Crippen LogP contribution in [0.2, 0.25) is 0 Å². The molecule has 1 aromatic rings. The van der Waals surface area contributed by atoms with Crippen LogP contribution in [0.15, 0.2) is 24.3 Å². The van der Waals surface area contributed by atoms with Gasteiger partial charge in [-0.2, -0.15) is 0 Å². The maximum Gasteiger partial charge on any atom is 0.294 e. The molecule has 78 valence electrons. The van der Waals surface area contributed by atoms with E-state index >= 15 is 0 Å². The fourth-order valence-electron chi connectivity index (χ4n) is 1.88. The second-order valence-corrected chi connectivity index (χ2v) is 3.61. The monoisotopic (exact) mass is 203 g/mol. The zero-order valence-electron chi connectivity index (χ0n) is 8.69. The van der Waals surface area contributed by atoms with Crippen molar-refractivity contribution in [2.75, 3.05) is 11.4 Å². The van der Waals surface area contributed by atoms with Gasteiger partial charge in [0.25, 0.3) is 5.91 Å². The second kappa shape index (κ2) is 3.85. The fraction of sp³-hybridized carbons (Fsp3) is 0.333. The lowest BCUT2D eigenvalue weighted by Gasteiger charge is -2.17. The molecule has 1 saturated heterocycles. The van der Waals surface area contributed by atoms with E-state index in [1.807, 2.05) is 31.2 Å². The summed E-state index contributed by atoms with van der Waals surface area (Å²) >= 11 is 0. The van der Waals surface area contributed by atoms with Gasteiger partial charge in [0.05, 0.1) is 0 Å². The zero-order chi connectivity index (χ0) is 10.8. The number of anilines is 1. The van der Waals surface area contributed by atoms with Crippen LogP contribution < -0.4 is 4.90 Å². The summed E-state index contributed by atoms with van der Waals surface area (Å²) in [6.45, 7) is 2.57. The van der Waals surface area contributed by atoms with Gasteiger partial charge in [0.1, 0.15) is 0 Å². The summed E-state index contributed by atoms with van der Waals surface area (Å²) in [7, 11) is 0. The molecule has 15 heavy (non-hydrogen) atoms. The van der Waals surface area contributed by atoms with Crippen molar-refractivity contribution >= 4 is 17.4 Å².